The van der Waals surface area contributed by atoms with E-state index >= 15 is 0 Å². The lowest BCUT2D eigenvalue weighted by Crippen LogP contribution is -2.43. The van der Waals surface area contributed by atoms with Crippen molar-refractivity contribution in [2.45, 2.75) is 44.7 Å². The first-order valence-corrected chi connectivity index (χ1v) is 5.76. The molecular formula is C11H24N2O. The molecule has 1 rings (SSSR count). The van der Waals surface area contributed by atoms with Gasteiger partial charge in [-0.1, -0.05) is 13.3 Å². The van der Waals surface area contributed by atoms with Gasteiger partial charge in [-0.25, -0.2) is 0 Å². The largest absolute Gasteiger partial charge is 0.383 e. The zero-order valence-corrected chi connectivity index (χ0v) is 9.54. The van der Waals surface area contributed by atoms with Crippen LogP contribution in [0.4, 0.5) is 0 Å². The summed E-state index contributed by atoms with van der Waals surface area (Å²) in [5.74, 6) is 0. The van der Waals surface area contributed by atoms with Crippen LogP contribution < -0.4 is 5.73 Å². The van der Waals surface area contributed by atoms with Crippen LogP contribution in [0.1, 0.15) is 32.6 Å². The molecule has 0 aromatic heterocycles. The summed E-state index contributed by atoms with van der Waals surface area (Å²) in [5.41, 5.74) is 5.99. The Bertz CT molecular complexity index is 152. The maximum atomic E-state index is 5.99. The van der Waals surface area contributed by atoms with Gasteiger partial charge in [-0.2, -0.15) is 0 Å². The molecule has 1 aliphatic carbocycles. The molecule has 0 heterocycles. The molecule has 0 bridgehead atoms. The van der Waals surface area contributed by atoms with E-state index in [0.717, 1.165) is 26.1 Å². The van der Waals surface area contributed by atoms with Crippen LogP contribution >= 0.6 is 0 Å². The van der Waals surface area contributed by atoms with Crippen LogP contribution in [0.2, 0.25) is 0 Å². The van der Waals surface area contributed by atoms with Crippen molar-refractivity contribution in [2.75, 3.05) is 26.8 Å². The highest BCUT2D eigenvalue weighted by Crippen LogP contribution is 2.21. The highest BCUT2D eigenvalue weighted by molar-refractivity contribution is 4.81. The number of methoxy groups -OCH3 is 1. The lowest BCUT2D eigenvalue weighted by Gasteiger charge is -2.35. The maximum absolute atomic E-state index is 5.99. The first-order chi connectivity index (χ1) is 6.77. The Morgan fingerprint density at radius 1 is 1.43 bits per heavy atom. The van der Waals surface area contributed by atoms with Crippen molar-refractivity contribution in [3.8, 4) is 0 Å². The highest BCUT2D eigenvalue weighted by Gasteiger charge is 2.23. The molecule has 0 aliphatic heterocycles. The van der Waals surface area contributed by atoms with E-state index in [0.29, 0.717) is 12.1 Å². The fourth-order valence-corrected chi connectivity index (χ4v) is 2.34. The Kier molecular flexibility index (Phi) is 5.45. The van der Waals surface area contributed by atoms with Gasteiger partial charge < -0.3 is 10.5 Å². The minimum atomic E-state index is 0.422. The predicted molar refractivity (Wildman–Crippen MR) is 59.4 cm³/mol. The van der Waals surface area contributed by atoms with E-state index in [4.69, 9.17) is 10.5 Å². The Morgan fingerprint density at radius 3 is 2.79 bits per heavy atom. The monoisotopic (exact) mass is 200 g/mol. The van der Waals surface area contributed by atoms with Gasteiger partial charge in [0, 0.05) is 25.7 Å². The molecule has 2 atom stereocenters. The van der Waals surface area contributed by atoms with Crippen LogP contribution in [0, 0.1) is 0 Å². The quantitative estimate of drug-likeness (QED) is 0.725. The molecule has 3 nitrogen and oxygen atoms in total. The molecule has 0 spiro atoms. The first-order valence-electron chi connectivity index (χ1n) is 5.76. The Morgan fingerprint density at radius 2 is 2.21 bits per heavy atom. The zero-order chi connectivity index (χ0) is 10.4. The van der Waals surface area contributed by atoms with Gasteiger partial charge in [0.05, 0.1) is 6.61 Å². The Hall–Kier alpha value is -0.120. The van der Waals surface area contributed by atoms with Crippen molar-refractivity contribution in [3.63, 3.8) is 0 Å². The number of rotatable bonds is 5. The van der Waals surface area contributed by atoms with E-state index in [-0.39, 0.29) is 0 Å². The van der Waals surface area contributed by atoms with Gasteiger partial charge in [0.15, 0.2) is 0 Å². The van der Waals surface area contributed by atoms with Crippen molar-refractivity contribution in [1.82, 2.24) is 4.90 Å². The first kappa shape index (κ1) is 12.0. The lowest BCUT2D eigenvalue weighted by molar-refractivity contribution is 0.103. The van der Waals surface area contributed by atoms with Gasteiger partial charge in [-0.15, -0.1) is 0 Å². The normalized spacial score (nSPS) is 28.3. The number of nitrogens with zero attached hydrogens (tertiary/aromatic N) is 1. The molecule has 0 amide bonds. The Labute approximate surface area is 87.6 Å². The molecule has 0 aromatic rings. The van der Waals surface area contributed by atoms with E-state index in [1.807, 2.05) is 0 Å². The topological polar surface area (TPSA) is 38.5 Å². The SMILES string of the molecule is CCN(CCOC)C1CCCC(N)C1. The van der Waals surface area contributed by atoms with E-state index < -0.39 is 0 Å². The highest BCUT2D eigenvalue weighted by atomic mass is 16.5. The summed E-state index contributed by atoms with van der Waals surface area (Å²) in [4.78, 5) is 2.50. The third kappa shape index (κ3) is 3.56. The number of likely N-dealkylation sites (N-methyl/N-ethyl adjacent to an activating group) is 1. The second kappa shape index (κ2) is 6.38. The van der Waals surface area contributed by atoms with Gasteiger partial charge in [-0.3, -0.25) is 4.90 Å². The van der Waals surface area contributed by atoms with Crippen LogP contribution in [0.15, 0.2) is 0 Å². The van der Waals surface area contributed by atoms with E-state index in [9.17, 15) is 0 Å². The molecule has 1 saturated carbocycles. The van der Waals surface area contributed by atoms with Crippen molar-refractivity contribution >= 4 is 0 Å². The second-order valence-corrected chi connectivity index (χ2v) is 4.20. The fraction of sp³-hybridized carbons (Fsp3) is 1.00. The molecule has 0 aromatic carbocycles. The van der Waals surface area contributed by atoms with Crippen LogP contribution in [-0.2, 0) is 4.74 Å². The minimum absolute atomic E-state index is 0.422. The molecule has 2 unspecified atom stereocenters. The van der Waals surface area contributed by atoms with Crippen molar-refractivity contribution in [3.05, 3.63) is 0 Å². The molecule has 1 fully saturated rings. The van der Waals surface area contributed by atoms with Crippen LogP contribution in [0.5, 0.6) is 0 Å². The number of nitrogens with two attached hydrogens (primary N) is 1. The summed E-state index contributed by atoms with van der Waals surface area (Å²) < 4.78 is 5.12. The van der Waals surface area contributed by atoms with E-state index in [1.165, 1.54) is 19.3 Å². The van der Waals surface area contributed by atoms with Crippen LogP contribution in [-0.4, -0.2) is 43.8 Å². The van der Waals surface area contributed by atoms with E-state index in [2.05, 4.69) is 11.8 Å². The summed E-state index contributed by atoms with van der Waals surface area (Å²) in [6.45, 7) is 5.21. The molecule has 14 heavy (non-hydrogen) atoms. The van der Waals surface area contributed by atoms with Gasteiger partial charge >= 0.3 is 0 Å². The Balaban J connectivity index is 2.34. The number of ether oxygens (including phenoxy) is 1. The average Bonchev–Trinajstić information content (AvgIpc) is 2.19. The van der Waals surface area contributed by atoms with Crippen LogP contribution in [0.25, 0.3) is 0 Å². The van der Waals surface area contributed by atoms with E-state index in [1.54, 1.807) is 7.11 Å². The second-order valence-electron chi connectivity index (χ2n) is 4.20. The fourth-order valence-electron chi connectivity index (χ4n) is 2.34. The summed E-state index contributed by atoms with van der Waals surface area (Å²) in [6.07, 6.45) is 4.97. The molecule has 0 saturated heterocycles. The standard InChI is InChI=1S/C11H24N2O/c1-3-13(7-8-14-2)11-6-4-5-10(12)9-11/h10-11H,3-9,12H2,1-2H3. The third-order valence-corrected chi connectivity index (χ3v) is 3.19. The summed E-state index contributed by atoms with van der Waals surface area (Å²) in [7, 11) is 1.76. The third-order valence-electron chi connectivity index (χ3n) is 3.19. The molecular weight excluding hydrogens is 176 g/mol. The zero-order valence-electron chi connectivity index (χ0n) is 9.54. The van der Waals surface area contributed by atoms with Gasteiger partial charge in [-0.05, 0) is 25.8 Å². The summed E-state index contributed by atoms with van der Waals surface area (Å²) >= 11 is 0. The number of hydrogen-bond acceptors (Lipinski definition) is 3. The summed E-state index contributed by atoms with van der Waals surface area (Å²) in [6, 6.07) is 1.12. The van der Waals surface area contributed by atoms with Crippen molar-refractivity contribution < 1.29 is 4.74 Å². The molecule has 84 valence electrons. The van der Waals surface area contributed by atoms with Gasteiger partial charge in [0.1, 0.15) is 0 Å². The predicted octanol–water partition coefficient (Wildman–Crippen LogP) is 1.22. The average molecular weight is 200 g/mol. The van der Waals surface area contributed by atoms with Gasteiger partial charge in [0.2, 0.25) is 0 Å². The van der Waals surface area contributed by atoms with Crippen molar-refractivity contribution in [1.29, 1.82) is 0 Å². The molecule has 3 heteroatoms. The van der Waals surface area contributed by atoms with Crippen molar-refractivity contribution in [2.24, 2.45) is 5.73 Å². The lowest BCUT2D eigenvalue weighted by atomic mass is 9.90. The molecule has 1 aliphatic rings. The smallest absolute Gasteiger partial charge is 0.0589 e. The minimum Gasteiger partial charge on any atom is -0.383 e. The molecule has 2 N–H and O–H groups in total. The molecule has 0 radical (unpaired) electrons. The summed E-state index contributed by atoms with van der Waals surface area (Å²) in [5, 5.41) is 0. The maximum Gasteiger partial charge on any atom is 0.0589 e. The van der Waals surface area contributed by atoms with Crippen LogP contribution in [0.3, 0.4) is 0 Å². The van der Waals surface area contributed by atoms with Gasteiger partial charge in [0.25, 0.3) is 0 Å². The number of hydrogen-bond donors (Lipinski definition) is 1.